The molecule has 0 spiro atoms. The normalized spacial score (nSPS) is 17.5. The van der Waals surface area contributed by atoms with Crippen LogP contribution in [0, 0.1) is 11.6 Å². The Labute approximate surface area is 194 Å². The Morgan fingerprint density at radius 3 is 2.33 bits per heavy atom. The summed E-state index contributed by atoms with van der Waals surface area (Å²) in [6.45, 7) is 4.46. The van der Waals surface area contributed by atoms with Gasteiger partial charge < -0.3 is 20.8 Å². The van der Waals surface area contributed by atoms with Crippen LogP contribution in [-0.2, 0) is 12.0 Å². The molecule has 7 heteroatoms. The topological polar surface area (TPSA) is 81.6 Å². The minimum Gasteiger partial charge on any atom is -0.465 e. The molecule has 4 N–H and O–H groups in total. The van der Waals surface area contributed by atoms with Crippen molar-refractivity contribution in [2.45, 2.75) is 76.0 Å². The molecule has 1 amide bonds. The van der Waals surface area contributed by atoms with Crippen molar-refractivity contribution in [1.82, 2.24) is 10.6 Å². The van der Waals surface area contributed by atoms with E-state index in [9.17, 15) is 23.8 Å². The monoisotopic (exact) mass is 460 g/mol. The summed E-state index contributed by atoms with van der Waals surface area (Å²) in [7, 11) is 0. The van der Waals surface area contributed by atoms with Crippen molar-refractivity contribution in [3.05, 3.63) is 70.8 Å². The summed E-state index contributed by atoms with van der Waals surface area (Å²) < 4.78 is 27.2. The molecule has 1 fully saturated rings. The predicted molar refractivity (Wildman–Crippen MR) is 124 cm³/mol. The third-order valence-corrected chi connectivity index (χ3v) is 6.61. The minimum absolute atomic E-state index is 0.0281. The number of aliphatic hydroxyl groups is 1. The highest BCUT2D eigenvalue weighted by molar-refractivity contribution is 5.65. The van der Waals surface area contributed by atoms with Crippen LogP contribution in [0.25, 0.3) is 0 Å². The SMILES string of the molecule is CC(C)c1cccc(C2(NC[C@H](O)[C@H](Cc3cc(F)cc(F)c3)NC(=O)O)CCCCC2)c1. The molecule has 33 heavy (non-hydrogen) atoms. The van der Waals surface area contributed by atoms with Gasteiger partial charge in [0.15, 0.2) is 0 Å². The Kier molecular flexibility index (Phi) is 8.43. The molecule has 3 rings (SSSR count). The largest absolute Gasteiger partial charge is 0.465 e. The number of carboxylic acid groups (broad SMARTS) is 1. The average molecular weight is 461 g/mol. The lowest BCUT2D eigenvalue weighted by atomic mass is 9.75. The van der Waals surface area contributed by atoms with Gasteiger partial charge in [0, 0.05) is 18.2 Å². The van der Waals surface area contributed by atoms with Gasteiger partial charge >= 0.3 is 6.09 Å². The molecule has 5 nitrogen and oxygen atoms in total. The standard InChI is InChI=1S/C26H34F2N2O3/c1-17(2)19-7-6-8-20(14-19)26(9-4-3-5-10-26)29-16-24(31)23(30-25(32)33)13-18-11-21(27)15-22(28)12-18/h6-8,11-12,14-15,17,23-24,29-31H,3-5,9-10,13,16H2,1-2H3,(H,32,33)/t23-,24-/m0/s1. The molecule has 180 valence electrons. The maximum absolute atomic E-state index is 13.6. The van der Waals surface area contributed by atoms with Crippen LogP contribution in [-0.4, -0.2) is 35.0 Å². The van der Waals surface area contributed by atoms with Crippen LogP contribution >= 0.6 is 0 Å². The molecule has 0 aromatic heterocycles. The number of nitrogens with one attached hydrogen (secondary N) is 2. The fourth-order valence-electron chi connectivity index (χ4n) is 4.79. The number of halogens is 2. The van der Waals surface area contributed by atoms with Gasteiger partial charge in [0.2, 0.25) is 0 Å². The molecule has 0 aliphatic heterocycles. The Hall–Kier alpha value is -2.51. The van der Waals surface area contributed by atoms with Gasteiger partial charge in [-0.05, 0) is 54.0 Å². The first kappa shape index (κ1) is 25.1. The second kappa shape index (κ2) is 11.1. The molecule has 0 heterocycles. The zero-order chi connectivity index (χ0) is 24.0. The molecule has 1 aliphatic rings. The highest BCUT2D eigenvalue weighted by Gasteiger charge is 2.35. The van der Waals surface area contributed by atoms with E-state index in [2.05, 4.69) is 48.7 Å². The summed E-state index contributed by atoms with van der Waals surface area (Å²) in [5.41, 5.74) is 2.40. The van der Waals surface area contributed by atoms with Crippen LogP contribution in [0.1, 0.15) is 68.6 Å². The van der Waals surface area contributed by atoms with Crippen LogP contribution in [0.5, 0.6) is 0 Å². The van der Waals surface area contributed by atoms with Gasteiger partial charge in [0.25, 0.3) is 0 Å². The van der Waals surface area contributed by atoms with Gasteiger partial charge in [-0.15, -0.1) is 0 Å². The van der Waals surface area contributed by atoms with Gasteiger partial charge in [0.05, 0.1) is 12.1 Å². The van der Waals surface area contributed by atoms with Gasteiger partial charge in [-0.3, -0.25) is 0 Å². The molecule has 1 saturated carbocycles. The van der Waals surface area contributed by atoms with E-state index in [0.29, 0.717) is 5.92 Å². The van der Waals surface area contributed by atoms with Crippen LogP contribution in [0.3, 0.4) is 0 Å². The molecule has 2 aromatic carbocycles. The number of benzene rings is 2. The third kappa shape index (κ3) is 6.74. The van der Waals surface area contributed by atoms with Crippen molar-refractivity contribution in [3.8, 4) is 0 Å². The summed E-state index contributed by atoms with van der Waals surface area (Å²) >= 11 is 0. The first-order valence-electron chi connectivity index (χ1n) is 11.7. The lowest BCUT2D eigenvalue weighted by Gasteiger charge is -2.40. The molecule has 0 unspecified atom stereocenters. The maximum Gasteiger partial charge on any atom is 0.404 e. The molecule has 2 atom stereocenters. The first-order valence-corrected chi connectivity index (χ1v) is 11.7. The summed E-state index contributed by atoms with van der Waals surface area (Å²) in [5, 5.41) is 26.0. The number of aliphatic hydroxyl groups excluding tert-OH is 1. The van der Waals surface area contributed by atoms with E-state index in [1.165, 1.54) is 11.1 Å². The highest BCUT2D eigenvalue weighted by Crippen LogP contribution is 2.38. The first-order chi connectivity index (χ1) is 15.7. The molecule has 1 aliphatic carbocycles. The Morgan fingerprint density at radius 1 is 1.06 bits per heavy atom. The quantitative estimate of drug-likeness (QED) is 0.421. The lowest BCUT2D eigenvalue weighted by Crippen LogP contribution is -2.53. The van der Waals surface area contributed by atoms with Crippen molar-refractivity contribution in [2.75, 3.05) is 6.54 Å². The minimum atomic E-state index is -1.30. The smallest absolute Gasteiger partial charge is 0.404 e. The molecule has 2 aromatic rings. The highest BCUT2D eigenvalue weighted by atomic mass is 19.1. The molecule has 0 radical (unpaired) electrons. The summed E-state index contributed by atoms with van der Waals surface area (Å²) in [6, 6.07) is 10.7. The van der Waals surface area contributed by atoms with Gasteiger partial charge in [-0.2, -0.15) is 0 Å². The Balaban J connectivity index is 1.78. The lowest BCUT2D eigenvalue weighted by molar-refractivity contribution is 0.100. The zero-order valence-electron chi connectivity index (χ0n) is 19.3. The van der Waals surface area contributed by atoms with E-state index in [4.69, 9.17) is 0 Å². The average Bonchev–Trinajstić information content (AvgIpc) is 2.77. The zero-order valence-corrected chi connectivity index (χ0v) is 19.3. The van der Waals surface area contributed by atoms with Crippen molar-refractivity contribution in [2.24, 2.45) is 0 Å². The van der Waals surface area contributed by atoms with E-state index < -0.39 is 29.9 Å². The molecular weight excluding hydrogens is 426 g/mol. The van der Waals surface area contributed by atoms with Crippen molar-refractivity contribution in [1.29, 1.82) is 0 Å². The van der Waals surface area contributed by atoms with E-state index >= 15 is 0 Å². The van der Waals surface area contributed by atoms with Crippen molar-refractivity contribution in [3.63, 3.8) is 0 Å². The molecular formula is C26H34F2N2O3. The second-order valence-electron chi connectivity index (χ2n) is 9.41. The number of rotatable bonds is 9. The van der Waals surface area contributed by atoms with Crippen LogP contribution < -0.4 is 10.6 Å². The van der Waals surface area contributed by atoms with Gasteiger partial charge in [-0.25, -0.2) is 13.6 Å². The van der Waals surface area contributed by atoms with Crippen molar-refractivity contribution >= 4 is 6.09 Å². The van der Waals surface area contributed by atoms with Crippen LogP contribution in [0.15, 0.2) is 42.5 Å². The molecule has 0 saturated heterocycles. The van der Waals surface area contributed by atoms with Gasteiger partial charge in [0.1, 0.15) is 11.6 Å². The van der Waals surface area contributed by atoms with E-state index in [-0.39, 0.29) is 24.1 Å². The summed E-state index contributed by atoms with van der Waals surface area (Å²) in [5.74, 6) is -1.08. The Morgan fingerprint density at radius 2 is 1.73 bits per heavy atom. The fourth-order valence-corrected chi connectivity index (χ4v) is 4.79. The maximum atomic E-state index is 13.6. The van der Waals surface area contributed by atoms with E-state index in [0.717, 1.165) is 50.3 Å². The van der Waals surface area contributed by atoms with Crippen LogP contribution in [0.4, 0.5) is 13.6 Å². The summed E-state index contributed by atoms with van der Waals surface area (Å²) in [6.07, 6.45) is 2.72. The third-order valence-electron chi connectivity index (χ3n) is 6.61. The predicted octanol–water partition coefficient (Wildman–Crippen LogP) is 5.08. The fraction of sp³-hybridized carbons (Fsp3) is 0.500. The van der Waals surface area contributed by atoms with Crippen LogP contribution in [0.2, 0.25) is 0 Å². The van der Waals surface area contributed by atoms with E-state index in [1.54, 1.807) is 0 Å². The number of amides is 1. The second-order valence-corrected chi connectivity index (χ2v) is 9.41. The number of hydrogen-bond donors (Lipinski definition) is 4. The van der Waals surface area contributed by atoms with Gasteiger partial charge in [-0.1, -0.05) is 57.4 Å². The summed E-state index contributed by atoms with van der Waals surface area (Å²) in [4.78, 5) is 11.3. The van der Waals surface area contributed by atoms with Crippen molar-refractivity contribution < 1.29 is 23.8 Å². The Bertz CT molecular complexity index is 925. The molecule has 0 bridgehead atoms. The number of carbonyl (C=O) groups is 1. The van der Waals surface area contributed by atoms with E-state index in [1.807, 2.05) is 0 Å². The number of hydrogen-bond acceptors (Lipinski definition) is 3.